The Morgan fingerprint density at radius 2 is 2.00 bits per heavy atom. The van der Waals surface area contributed by atoms with Crippen LogP contribution in [0.25, 0.3) is 0 Å². The third kappa shape index (κ3) is 3.67. The van der Waals surface area contributed by atoms with Crippen molar-refractivity contribution in [3.63, 3.8) is 0 Å². The molecule has 5 N–H and O–H groups in total. The largest absolute Gasteiger partial charge is 0.481 e. The van der Waals surface area contributed by atoms with Gasteiger partial charge in [0, 0.05) is 11.3 Å². The Hall–Kier alpha value is -2.12. The maximum atomic E-state index is 11.3. The SMILES string of the molecule is COC(=O)c1ccc(N)c(C(O)C(O)CC(=O)O)c1. The summed E-state index contributed by atoms with van der Waals surface area (Å²) in [4.78, 5) is 21.8. The molecule has 2 atom stereocenters. The van der Waals surface area contributed by atoms with E-state index in [0.29, 0.717) is 0 Å². The highest BCUT2D eigenvalue weighted by Crippen LogP contribution is 2.26. The first-order valence-electron chi connectivity index (χ1n) is 5.42. The van der Waals surface area contributed by atoms with Gasteiger partial charge in [-0.1, -0.05) is 0 Å². The van der Waals surface area contributed by atoms with Gasteiger partial charge in [-0.2, -0.15) is 0 Å². The second-order valence-corrected chi connectivity index (χ2v) is 3.95. The topological polar surface area (TPSA) is 130 Å². The molecule has 7 heteroatoms. The quantitative estimate of drug-likeness (QED) is 0.434. The summed E-state index contributed by atoms with van der Waals surface area (Å²) in [6.07, 6.45) is -3.66. The van der Waals surface area contributed by atoms with Crippen LogP contribution >= 0.6 is 0 Å². The van der Waals surface area contributed by atoms with E-state index in [4.69, 9.17) is 10.8 Å². The highest BCUT2D eigenvalue weighted by atomic mass is 16.5. The van der Waals surface area contributed by atoms with E-state index < -0.39 is 30.6 Å². The molecular weight excluding hydrogens is 254 g/mol. The fourth-order valence-electron chi connectivity index (χ4n) is 1.57. The highest BCUT2D eigenvalue weighted by molar-refractivity contribution is 5.90. The number of methoxy groups -OCH3 is 1. The number of carbonyl (C=O) groups excluding carboxylic acids is 1. The van der Waals surface area contributed by atoms with Crippen LogP contribution in [0.4, 0.5) is 5.69 Å². The first-order valence-corrected chi connectivity index (χ1v) is 5.42. The maximum absolute atomic E-state index is 11.3. The number of hydrogen-bond donors (Lipinski definition) is 4. The maximum Gasteiger partial charge on any atom is 0.337 e. The van der Waals surface area contributed by atoms with E-state index in [2.05, 4.69) is 4.74 Å². The smallest absolute Gasteiger partial charge is 0.337 e. The number of carboxylic acids is 1. The second-order valence-electron chi connectivity index (χ2n) is 3.95. The van der Waals surface area contributed by atoms with Gasteiger partial charge in [0.25, 0.3) is 0 Å². The Morgan fingerprint density at radius 1 is 1.37 bits per heavy atom. The Labute approximate surface area is 109 Å². The number of hydrogen-bond acceptors (Lipinski definition) is 6. The molecular formula is C12H15NO6. The van der Waals surface area contributed by atoms with Crippen molar-refractivity contribution in [3.05, 3.63) is 29.3 Å². The molecule has 0 saturated heterocycles. The lowest BCUT2D eigenvalue weighted by molar-refractivity contribution is -0.141. The summed E-state index contributed by atoms with van der Waals surface area (Å²) in [5.41, 5.74) is 6.00. The van der Waals surface area contributed by atoms with Crippen LogP contribution in [0, 0.1) is 0 Å². The van der Waals surface area contributed by atoms with E-state index in [1.54, 1.807) is 0 Å². The number of benzene rings is 1. The molecule has 0 fully saturated rings. The zero-order chi connectivity index (χ0) is 14.6. The lowest BCUT2D eigenvalue weighted by atomic mass is 9.98. The van der Waals surface area contributed by atoms with Crippen LogP contribution in [0.1, 0.15) is 28.4 Å². The predicted octanol–water partition coefficient (Wildman–Crippen LogP) is -0.0756. The lowest BCUT2D eigenvalue weighted by Crippen LogP contribution is -2.23. The van der Waals surface area contributed by atoms with Gasteiger partial charge in [-0.3, -0.25) is 4.79 Å². The monoisotopic (exact) mass is 269 g/mol. The van der Waals surface area contributed by atoms with Crippen LogP contribution < -0.4 is 5.73 Å². The van der Waals surface area contributed by atoms with E-state index in [1.165, 1.54) is 25.3 Å². The normalized spacial score (nSPS) is 13.6. The Bertz CT molecular complexity index is 487. The molecule has 1 rings (SSSR count). The molecule has 1 aromatic carbocycles. The minimum Gasteiger partial charge on any atom is -0.481 e. The number of carbonyl (C=O) groups is 2. The zero-order valence-corrected chi connectivity index (χ0v) is 10.2. The summed E-state index contributed by atoms with van der Waals surface area (Å²) < 4.78 is 4.52. The summed E-state index contributed by atoms with van der Waals surface area (Å²) in [5.74, 6) is -1.88. The van der Waals surface area contributed by atoms with Gasteiger partial charge >= 0.3 is 11.9 Å². The van der Waals surface area contributed by atoms with Crippen LogP contribution in [0.5, 0.6) is 0 Å². The molecule has 0 bridgehead atoms. The molecule has 0 aliphatic heterocycles. The lowest BCUT2D eigenvalue weighted by Gasteiger charge is -2.18. The number of nitrogens with two attached hydrogens (primary N) is 1. The first-order chi connectivity index (χ1) is 8.86. The minimum absolute atomic E-state index is 0.0802. The number of nitrogen functional groups attached to an aromatic ring is 1. The standard InChI is InChI=1S/C12H15NO6/c1-19-12(18)6-2-3-8(13)7(4-6)11(17)9(14)5-10(15)16/h2-4,9,11,14,17H,5,13H2,1H3,(H,15,16). The number of anilines is 1. The Morgan fingerprint density at radius 3 is 2.53 bits per heavy atom. The third-order valence-corrected chi connectivity index (χ3v) is 2.57. The molecule has 0 amide bonds. The average molecular weight is 269 g/mol. The molecule has 104 valence electrons. The van der Waals surface area contributed by atoms with Gasteiger partial charge < -0.3 is 25.8 Å². The van der Waals surface area contributed by atoms with E-state index in [9.17, 15) is 19.8 Å². The molecule has 0 aromatic heterocycles. The van der Waals surface area contributed by atoms with Crippen LogP contribution in [0.15, 0.2) is 18.2 Å². The molecule has 0 radical (unpaired) electrons. The highest BCUT2D eigenvalue weighted by Gasteiger charge is 2.24. The van der Waals surface area contributed by atoms with Crippen molar-refractivity contribution in [1.82, 2.24) is 0 Å². The average Bonchev–Trinajstić information content (AvgIpc) is 2.36. The van der Waals surface area contributed by atoms with Gasteiger partial charge in [0.2, 0.25) is 0 Å². The molecule has 0 saturated carbocycles. The summed E-state index contributed by atoms with van der Waals surface area (Å²) in [6.45, 7) is 0. The Kier molecular flexibility index (Phi) is 4.85. The number of aliphatic hydroxyl groups excluding tert-OH is 2. The van der Waals surface area contributed by atoms with E-state index >= 15 is 0 Å². The summed E-state index contributed by atoms with van der Waals surface area (Å²) >= 11 is 0. The number of rotatable bonds is 5. The zero-order valence-electron chi connectivity index (χ0n) is 10.2. The Balaban J connectivity index is 3.04. The van der Waals surface area contributed by atoms with Crippen LogP contribution in [-0.4, -0.2) is 40.5 Å². The van der Waals surface area contributed by atoms with Crippen molar-refractivity contribution < 1.29 is 29.6 Å². The third-order valence-electron chi connectivity index (χ3n) is 2.57. The van der Waals surface area contributed by atoms with Gasteiger partial charge in [0.1, 0.15) is 6.10 Å². The number of ether oxygens (including phenoxy) is 1. The van der Waals surface area contributed by atoms with Crippen molar-refractivity contribution in [2.75, 3.05) is 12.8 Å². The number of esters is 1. The van der Waals surface area contributed by atoms with E-state index in [1.807, 2.05) is 0 Å². The van der Waals surface area contributed by atoms with Crippen LogP contribution in [-0.2, 0) is 9.53 Å². The molecule has 7 nitrogen and oxygen atoms in total. The molecule has 0 aliphatic carbocycles. The molecule has 2 unspecified atom stereocenters. The number of carboxylic acid groups (broad SMARTS) is 1. The van der Waals surface area contributed by atoms with Crippen molar-refractivity contribution in [2.24, 2.45) is 0 Å². The first kappa shape index (κ1) is 14.9. The van der Waals surface area contributed by atoms with Gasteiger partial charge in [0.05, 0.1) is 25.2 Å². The second kappa shape index (κ2) is 6.17. The number of aliphatic carboxylic acids is 1. The fraction of sp³-hybridized carbons (Fsp3) is 0.333. The molecule has 0 aliphatic rings. The van der Waals surface area contributed by atoms with Crippen molar-refractivity contribution in [2.45, 2.75) is 18.6 Å². The minimum atomic E-state index is -1.52. The van der Waals surface area contributed by atoms with Crippen LogP contribution in [0.3, 0.4) is 0 Å². The molecule has 0 heterocycles. The van der Waals surface area contributed by atoms with Crippen molar-refractivity contribution in [1.29, 1.82) is 0 Å². The van der Waals surface area contributed by atoms with Crippen molar-refractivity contribution >= 4 is 17.6 Å². The summed E-state index contributed by atoms with van der Waals surface area (Å²) in [5, 5.41) is 28.0. The fourth-order valence-corrected chi connectivity index (χ4v) is 1.57. The molecule has 1 aromatic rings. The summed E-state index contributed by atoms with van der Waals surface area (Å²) in [7, 11) is 1.20. The molecule has 0 spiro atoms. The predicted molar refractivity (Wildman–Crippen MR) is 65.4 cm³/mol. The van der Waals surface area contributed by atoms with Gasteiger partial charge in [-0.05, 0) is 18.2 Å². The van der Waals surface area contributed by atoms with Gasteiger partial charge in [0.15, 0.2) is 0 Å². The van der Waals surface area contributed by atoms with E-state index in [0.717, 1.165) is 0 Å². The number of aliphatic hydroxyl groups is 2. The molecule has 19 heavy (non-hydrogen) atoms. The van der Waals surface area contributed by atoms with E-state index in [-0.39, 0.29) is 16.8 Å². The summed E-state index contributed by atoms with van der Waals surface area (Å²) in [6, 6.07) is 4.04. The van der Waals surface area contributed by atoms with Crippen molar-refractivity contribution in [3.8, 4) is 0 Å². The van der Waals surface area contributed by atoms with Crippen LogP contribution in [0.2, 0.25) is 0 Å². The van der Waals surface area contributed by atoms with Gasteiger partial charge in [-0.25, -0.2) is 4.79 Å². The van der Waals surface area contributed by atoms with Gasteiger partial charge in [-0.15, -0.1) is 0 Å².